The van der Waals surface area contributed by atoms with Gasteiger partial charge in [0.25, 0.3) is 0 Å². The van der Waals surface area contributed by atoms with Crippen molar-refractivity contribution in [3.8, 4) is 0 Å². The van der Waals surface area contributed by atoms with Gasteiger partial charge in [-0.2, -0.15) is 0 Å². The fourth-order valence-electron chi connectivity index (χ4n) is 2.05. The van der Waals surface area contributed by atoms with Gasteiger partial charge in [-0.3, -0.25) is 0 Å². The lowest BCUT2D eigenvalue weighted by molar-refractivity contribution is -0.00908. The zero-order valence-corrected chi connectivity index (χ0v) is 11.8. The first-order valence-corrected chi connectivity index (χ1v) is 7.05. The first-order chi connectivity index (χ1) is 8.65. The van der Waals surface area contributed by atoms with Crippen molar-refractivity contribution in [2.45, 2.75) is 59.3 Å². The minimum atomic E-state index is 0.488. The quantitative estimate of drug-likeness (QED) is 0.806. The maximum Gasteiger partial charge on any atom is 0.118 e. The fourth-order valence-corrected chi connectivity index (χ4v) is 2.05. The van der Waals surface area contributed by atoms with Crippen LogP contribution in [0, 0.1) is 12.8 Å². The number of nitrogens with one attached hydrogen (secondary N) is 1. The topological polar surface area (TPSA) is 34.4 Å². The lowest BCUT2D eigenvalue weighted by Crippen LogP contribution is -2.21. The van der Waals surface area contributed by atoms with E-state index in [9.17, 15) is 0 Å². The van der Waals surface area contributed by atoms with E-state index in [0.717, 1.165) is 24.6 Å². The molecule has 0 aromatic carbocycles. The van der Waals surface area contributed by atoms with Crippen LogP contribution in [0.5, 0.6) is 0 Å². The van der Waals surface area contributed by atoms with Gasteiger partial charge >= 0.3 is 0 Å². The van der Waals surface area contributed by atoms with Crippen LogP contribution in [0.15, 0.2) is 10.5 Å². The number of rotatable bonds is 7. The van der Waals surface area contributed by atoms with Crippen LogP contribution in [-0.4, -0.2) is 12.6 Å². The summed E-state index contributed by atoms with van der Waals surface area (Å²) in [5.74, 6) is 2.68. The highest BCUT2D eigenvalue weighted by molar-refractivity contribution is 5.20. The van der Waals surface area contributed by atoms with E-state index >= 15 is 0 Å². The van der Waals surface area contributed by atoms with E-state index in [0.29, 0.717) is 18.6 Å². The zero-order valence-electron chi connectivity index (χ0n) is 11.8. The third-order valence-electron chi connectivity index (χ3n) is 3.45. The van der Waals surface area contributed by atoms with Gasteiger partial charge in [-0.25, -0.2) is 0 Å². The van der Waals surface area contributed by atoms with Crippen molar-refractivity contribution in [1.82, 2.24) is 5.32 Å². The van der Waals surface area contributed by atoms with Crippen LogP contribution in [-0.2, 0) is 17.9 Å². The van der Waals surface area contributed by atoms with Crippen molar-refractivity contribution >= 4 is 0 Å². The van der Waals surface area contributed by atoms with E-state index in [1.165, 1.54) is 24.8 Å². The van der Waals surface area contributed by atoms with Gasteiger partial charge in [0.2, 0.25) is 0 Å². The Morgan fingerprint density at radius 1 is 1.44 bits per heavy atom. The molecule has 1 aliphatic carbocycles. The first-order valence-electron chi connectivity index (χ1n) is 7.05. The summed E-state index contributed by atoms with van der Waals surface area (Å²) in [7, 11) is 0. The molecule has 1 aromatic rings. The third-order valence-corrected chi connectivity index (χ3v) is 3.45. The van der Waals surface area contributed by atoms with Gasteiger partial charge in [0.15, 0.2) is 0 Å². The van der Waals surface area contributed by atoms with E-state index < -0.39 is 0 Å². The van der Waals surface area contributed by atoms with Gasteiger partial charge in [-0.15, -0.1) is 0 Å². The van der Waals surface area contributed by atoms with Crippen LogP contribution in [0.25, 0.3) is 0 Å². The van der Waals surface area contributed by atoms with Crippen LogP contribution in [0.2, 0.25) is 0 Å². The summed E-state index contributed by atoms with van der Waals surface area (Å²) >= 11 is 0. The van der Waals surface area contributed by atoms with E-state index in [2.05, 4.69) is 25.2 Å². The lowest BCUT2D eigenvalue weighted by Gasteiger charge is -2.25. The minimum Gasteiger partial charge on any atom is -0.465 e. The Morgan fingerprint density at radius 2 is 2.22 bits per heavy atom. The fraction of sp³-hybridized carbons (Fsp3) is 0.733. The summed E-state index contributed by atoms with van der Waals surface area (Å²) in [4.78, 5) is 0. The number of furan rings is 1. The van der Waals surface area contributed by atoms with Gasteiger partial charge in [-0.05, 0) is 44.7 Å². The molecule has 1 fully saturated rings. The molecular formula is C15H25NO2. The van der Waals surface area contributed by atoms with Crippen molar-refractivity contribution in [3.63, 3.8) is 0 Å². The predicted octanol–water partition coefficient (Wildman–Crippen LogP) is 3.40. The molecule has 2 rings (SSSR count). The van der Waals surface area contributed by atoms with Crippen LogP contribution in [0.3, 0.4) is 0 Å². The Balaban J connectivity index is 1.78. The molecule has 0 atom stereocenters. The molecule has 0 bridgehead atoms. The molecule has 1 heterocycles. The van der Waals surface area contributed by atoms with Crippen molar-refractivity contribution in [2.24, 2.45) is 5.92 Å². The Morgan fingerprint density at radius 3 is 2.83 bits per heavy atom. The third kappa shape index (κ3) is 3.85. The molecule has 0 amide bonds. The van der Waals surface area contributed by atoms with Crippen molar-refractivity contribution in [1.29, 1.82) is 0 Å². The summed E-state index contributed by atoms with van der Waals surface area (Å²) in [6.45, 7) is 8.96. The number of hydrogen-bond acceptors (Lipinski definition) is 3. The smallest absolute Gasteiger partial charge is 0.118 e. The van der Waals surface area contributed by atoms with Gasteiger partial charge in [-0.1, -0.05) is 13.8 Å². The molecule has 1 aromatic heterocycles. The first kappa shape index (κ1) is 13.6. The van der Waals surface area contributed by atoms with E-state index in [1.54, 1.807) is 0 Å². The normalized spacial score (nSPS) is 16.2. The van der Waals surface area contributed by atoms with Gasteiger partial charge in [0.1, 0.15) is 11.5 Å². The maximum atomic E-state index is 5.82. The molecule has 1 aliphatic rings. The van der Waals surface area contributed by atoms with E-state index in [-0.39, 0.29) is 0 Å². The SMILES string of the molecule is Cc1oc(CNCC(C)C)cc1COC1CCC1. The summed E-state index contributed by atoms with van der Waals surface area (Å²) in [6, 6.07) is 2.13. The Hall–Kier alpha value is -0.800. The Bertz CT molecular complexity index is 367. The van der Waals surface area contributed by atoms with Gasteiger partial charge < -0.3 is 14.5 Å². The summed E-state index contributed by atoms with van der Waals surface area (Å²) < 4.78 is 11.6. The maximum absolute atomic E-state index is 5.82. The molecule has 3 nitrogen and oxygen atoms in total. The second kappa shape index (κ2) is 6.39. The molecule has 1 saturated carbocycles. The molecule has 0 spiro atoms. The number of ether oxygens (including phenoxy) is 1. The molecule has 0 saturated heterocycles. The average molecular weight is 251 g/mol. The highest BCUT2D eigenvalue weighted by atomic mass is 16.5. The summed E-state index contributed by atoms with van der Waals surface area (Å²) in [5, 5.41) is 3.39. The molecule has 0 radical (unpaired) electrons. The zero-order chi connectivity index (χ0) is 13.0. The van der Waals surface area contributed by atoms with Crippen molar-refractivity contribution in [3.05, 3.63) is 23.2 Å². The monoisotopic (exact) mass is 251 g/mol. The average Bonchev–Trinajstić information content (AvgIpc) is 2.57. The molecule has 3 heteroatoms. The molecule has 18 heavy (non-hydrogen) atoms. The molecular weight excluding hydrogens is 226 g/mol. The van der Waals surface area contributed by atoms with Gasteiger partial charge in [0.05, 0.1) is 19.3 Å². The largest absolute Gasteiger partial charge is 0.465 e. The molecule has 0 unspecified atom stereocenters. The minimum absolute atomic E-state index is 0.488. The highest BCUT2D eigenvalue weighted by Crippen LogP contribution is 2.24. The van der Waals surface area contributed by atoms with E-state index in [1.807, 2.05) is 6.92 Å². The second-order valence-corrected chi connectivity index (χ2v) is 5.68. The number of aryl methyl sites for hydroxylation is 1. The summed E-state index contributed by atoms with van der Waals surface area (Å²) in [5.41, 5.74) is 1.20. The van der Waals surface area contributed by atoms with Crippen LogP contribution >= 0.6 is 0 Å². The molecule has 102 valence electrons. The van der Waals surface area contributed by atoms with Crippen LogP contribution < -0.4 is 5.32 Å². The molecule has 1 N–H and O–H groups in total. The van der Waals surface area contributed by atoms with Crippen molar-refractivity contribution in [2.75, 3.05) is 6.54 Å². The van der Waals surface area contributed by atoms with Crippen molar-refractivity contribution < 1.29 is 9.15 Å². The van der Waals surface area contributed by atoms with Crippen LogP contribution in [0.1, 0.15) is 50.2 Å². The summed E-state index contributed by atoms with van der Waals surface area (Å²) in [6.07, 6.45) is 4.25. The Labute approximate surface area is 110 Å². The molecule has 0 aliphatic heterocycles. The number of hydrogen-bond donors (Lipinski definition) is 1. The standard InChI is InChI=1S/C15H25NO2/c1-11(2)8-16-9-15-7-13(12(3)18-15)10-17-14-5-4-6-14/h7,11,14,16H,4-6,8-10H2,1-3H3. The second-order valence-electron chi connectivity index (χ2n) is 5.68. The van der Waals surface area contributed by atoms with Gasteiger partial charge in [0, 0.05) is 5.56 Å². The van der Waals surface area contributed by atoms with Crippen LogP contribution in [0.4, 0.5) is 0 Å². The Kier molecular flexibility index (Phi) is 4.84. The lowest BCUT2D eigenvalue weighted by atomic mass is 9.96. The highest BCUT2D eigenvalue weighted by Gasteiger charge is 2.18. The predicted molar refractivity (Wildman–Crippen MR) is 72.4 cm³/mol. The van der Waals surface area contributed by atoms with E-state index in [4.69, 9.17) is 9.15 Å².